The van der Waals surface area contributed by atoms with E-state index in [1.54, 1.807) is 17.5 Å². The highest BCUT2D eigenvalue weighted by Crippen LogP contribution is 2.22. The van der Waals surface area contributed by atoms with Crippen molar-refractivity contribution in [2.75, 3.05) is 0 Å². The lowest BCUT2D eigenvalue weighted by molar-refractivity contribution is 0.546. The number of nitrogens with one attached hydrogen (secondary N) is 1. The summed E-state index contributed by atoms with van der Waals surface area (Å²) in [5, 5.41) is 3.07. The predicted molar refractivity (Wildman–Crippen MR) is 69.5 cm³/mol. The fraction of sp³-hybridized carbons (Fsp3) is 0.333. The first-order valence-electron chi connectivity index (χ1n) is 5.62. The van der Waals surface area contributed by atoms with Crippen molar-refractivity contribution in [2.24, 2.45) is 5.84 Å². The number of nitrogens with two attached hydrogens (primary N) is 1. The van der Waals surface area contributed by atoms with Crippen LogP contribution in [0.15, 0.2) is 30.0 Å². The predicted octanol–water partition coefficient (Wildman–Crippen LogP) is 1.85. The number of nitrogens with zero attached hydrogens (tertiary/aromatic N) is 2. The van der Waals surface area contributed by atoms with Gasteiger partial charge < -0.3 is 0 Å². The van der Waals surface area contributed by atoms with Crippen LogP contribution in [-0.2, 0) is 12.8 Å². The summed E-state index contributed by atoms with van der Waals surface area (Å²) in [4.78, 5) is 8.44. The van der Waals surface area contributed by atoms with Crippen LogP contribution in [-0.4, -0.2) is 9.97 Å². The maximum Gasteiger partial charge on any atom is 0.0944 e. The molecule has 5 heteroatoms. The van der Waals surface area contributed by atoms with Gasteiger partial charge in [0.05, 0.1) is 11.0 Å². The molecule has 2 rings (SSSR count). The smallest absolute Gasteiger partial charge is 0.0944 e. The highest BCUT2D eigenvalue weighted by molar-refractivity contribution is 7.09. The molecule has 0 bridgehead atoms. The van der Waals surface area contributed by atoms with Crippen molar-refractivity contribution in [3.63, 3.8) is 0 Å². The van der Waals surface area contributed by atoms with E-state index in [-0.39, 0.29) is 6.04 Å². The van der Waals surface area contributed by atoms with Gasteiger partial charge in [0, 0.05) is 30.4 Å². The molecule has 0 saturated carbocycles. The molecule has 17 heavy (non-hydrogen) atoms. The first-order chi connectivity index (χ1) is 8.35. The van der Waals surface area contributed by atoms with E-state index >= 15 is 0 Å². The molecule has 4 nitrogen and oxygen atoms in total. The lowest BCUT2D eigenvalue weighted by Gasteiger charge is -2.17. The van der Waals surface area contributed by atoms with Gasteiger partial charge in [-0.05, 0) is 23.6 Å². The van der Waals surface area contributed by atoms with Crippen molar-refractivity contribution in [1.29, 1.82) is 0 Å². The molecule has 90 valence electrons. The van der Waals surface area contributed by atoms with Gasteiger partial charge in [-0.1, -0.05) is 6.92 Å². The standard InChI is InChI=1S/C12H16N4S/c1-2-9-8-14-4-3-10(9)11(16-13)7-12-15-5-6-17-12/h3-6,8,11,16H,2,7,13H2,1H3. The number of hydrazine groups is 1. The molecule has 0 saturated heterocycles. The minimum atomic E-state index is 0.0964. The number of hydrogen-bond acceptors (Lipinski definition) is 5. The van der Waals surface area contributed by atoms with E-state index in [1.165, 1.54) is 11.1 Å². The maximum absolute atomic E-state index is 5.65. The molecular formula is C12H16N4S. The molecule has 0 aliphatic carbocycles. The Kier molecular flexibility index (Phi) is 4.19. The van der Waals surface area contributed by atoms with E-state index in [2.05, 4.69) is 22.3 Å². The zero-order chi connectivity index (χ0) is 12.1. The molecule has 0 spiro atoms. The van der Waals surface area contributed by atoms with Crippen molar-refractivity contribution in [1.82, 2.24) is 15.4 Å². The summed E-state index contributed by atoms with van der Waals surface area (Å²) in [6, 6.07) is 2.12. The number of thiazole rings is 1. The normalized spacial score (nSPS) is 12.6. The summed E-state index contributed by atoms with van der Waals surface area (Å²) < 4.78 is 0. The van der Waals surface area contributed by atoms with Crippen molar-refractivity contribution >= 4 is 11.3 Å². The van der Waals surface area contributed by atoms with Gasteiger partial charge in [0.15, 0.2) is 0 Å². The van der Waals surface area contributed by atoms with Crippen molar-refractivity contribution in [3.05, 3.63) is 46.2 Å². The minimum absolute atomic E-state index is 0.0964. The van der Waals surface area contributed by atoms with Crippen LogP contribution in [0.2, 0.25) is 0 Å². The monoisotopic (exact) mass is 248 g/mol. The zero-order valence-corrected chi connectivity index (χ0v) is 10.6. The van der Waals surface area contributed by atoms with E-state index in [0.29, 0.717) is 0 Å². The van der Waals surface area contributed by atoms with Gasteiger partial charge in [-0.3, -0.25) is 16.3 Å². The maximum atomic E-state index is 5.65. The highest BCUT2D eigenvalue weighted by Gasteiger charge is 2.14. The zero-order valence-electron chi connectivity index (χ0n) is 9.76. The van der Waals surface area contributed by atoms with E-state index in [9.17, 15) is 0 Å². The molecule has 1 unspecified atom stereocenters. The van der Waals surface area contributed by atoms with Crippen LogP contribution in [0.25, 0.3) is 0 Å². The van der Waals surface area contributed by atoms with Gasteiger partial charge >= 0.3 is 0 Å². The Balaban J connectivity index is 2.22. The van der Waals surface area contributed by atoms with Crippen LogP contribution in [0.4, 0.5) is 0 Å². The average Bonchev–Trinajstić information content (AvgIpc) is 2.89. The minimum Gasteiger partial charge on any atom is -0.271 e. The lowest BCUT2D eigenvalue weighted by Crippen LogP contribution is -2.30. The van der Waals surface area contributed by atoms with E-state index in [1.807, 2.05) is 23.8 Å². The van der Waals surface area contributed by atoms with Crippen molar-refractivity contribution in [3.8, 4) is 0 Å². The molecule has 3 N–H and O–H groups in total. The third-order valence-corrected chi connectivity index (χ3v) is 3.56. The largest absolute Gasteiger partial charge is 0.271 e. The van der Waals surface area contributed by atoms with Crippen molar-refractivity contribution in [2.45, 2.75) is 25.8 Å². The van der Waals surface area contributed by atoms with Gasteiger partial charge in [-0.2, -0.15) is 0 Å². The summed E-state index contributed by atoms with van der Waals surface area (Å²) in [5.41, 5.74) is 5.31. The molecule has 0 radical (unpaired) electrons. The second-order valence-corrected chi connectivity index (χ2v) is 4.76. The number of pyridine rings is 1. The molecule has 0 aliphatic heterocycles. The first kappa shape index (κ1) is 12.2. The Hall–Kier alpha value is -1.30. The molecule has 0 aromatic carbocycles. The highest BCUT2D eigenvalue weighted by atomic mass is 32.1. The van der Waals surface area contributed by atoms with Crippen LogP contribution < -0.4 is 11.3 Å². The summed E-state index contributed by atoms with van der Waals surface area (Å²) in [7, 11) is 0. The fourth-order valence-electron chi connectivity index (χ4n) is 1.86. The van der Waals surface area contributed by atoms with Gasteiger partial charge in [0.1, 0.15) is 0 Å². The number of hydrogen-bond donors (Lipinski definition) is 2. The van der Waals surface area contributed by atoms with Crippen LogP contribution >= 0.6 is 11.3 Å². The number of aryl methyl sites for hydroxylation is 1. The third kappa shape index (κ3) is 2.88. The molecule has 0 fully saturated rings. The second kappa shape index (κ2) is 5.86. The van der Waals surface area contributed by atoms with Crippen LogP contribution in [0.5, 0.6) is 0 Å². The first-order valence-corrected chi connectivity index (χ1v) is 6.50. The molecule has 1 atom stereocenters. The van der Waals surface area contributed by atoms with E-state index in [0.717, 1.165) is 17.8 Å². The van der Waals surface area contributed by atoms with Gasteiger partial charge in [-0.25, -0.2) is 4.98 Å². The number of rotatable bonds is 5. The van der Waals surface area contributed by atoms with Crippen molar-refractivity contribution < 1.29 is 0 Å². The Morgan fingerprint density at radius 1 is 1.47 bits per heavy atom. The van der Waals surface area contributed by atoms with Crippen LogP contribution in [0, 0.1) is 0 Å². The van der Waals surface area contributed by atoms with E-state index < -0.39 is 0 Å². The Labute approximate surface area is 105 Å². The summed E-state index contributed by atoms with van der Waals surface area (Å²) in [6.45, 7) is 2.12. The molecule has 2 aromatic rings. The van der Waals surface area contributed by atoms with Crippen LogP contribution in [0.1, 0.15) is 29.1 Å². The fourth-order valence-corrected chi connectivity index (χ4v) is 2.52. The third-order valence-electron chi connectivity index (χ3n) is 2.76. The van der Waals surface area contributed by atoms with E-state index in [4.69, 9.17) is 5.84 Å². The van der Waals surface area contributed by atoms with Crippen LogP contribution in [0.3, 0.4) is 0 Å². The second-order valence-electron chi connectivity index (χ2n) is 3.78. The van der Waals surface area contributed by atoms with Gasteiger partial charge in [-0.15, -0.1) is 11.3 Å². The number of aromatic nitrogens is 2. The SMILES string of the molecule is CCc1cnccc1C(Cc1nccs1)NN. The average molecular weight is 248 g/mol. The van der Waals surface area contributed by atoms with Gasteiger partial charge in [0.2, 0.25) is 0 Å². The molecule has 0 amide bonds. The summed E-state index contributed by atoms with van der Waals surface area (Å²) >= 11 is 1.65. The lowest BCUT2D eigenvalue weighted by atomic mass is 9.99. The molecule has 2 aromatic heterocycles. The quantitative estimate of drug-likeness (QED) is 0.626. The topological polar surface area (TPSA) is 63.8 Å². The van der Waals surface area contributed by atoms with Gasteiger partial charge in [0.25, 0.3) is 0 Å². The molecule has 2 heterocycles. The summed E-state index contributed by atoms with van der Waals surface area (Å²) in [5.74, 6) is 5.65. The Morgan fingerprint density at radius 3 is 3.00 bits per heavy atom. The Bertz CT molecular complexity index is 455. The summed E-state index contributed by atoms with van der Waals surface area (Å²) in [6.07, 6.45) is 7.30. The molecular weight excluding hydrogens is 232 g/mol. The Morgan fingerprint density at radius 2 is 2.35 bits per heavy atom. The molecule has 0 aliphatic rings.